The highest BCUT2D eigenvalue weighted by Crippen LogP contribution is 2.37. The van der Waals surface area contributed by atoms with E-state index in [1.807, 2.05) is 30.7 Å². The van der Waals surface area contributed by atoms with Gasteiger partial charge in [0.2, 0.25) is 0 Å². The molecule has 5 nitrogen and oxygen atoms in total. The maximum atomic E-state index is 13.2. The lowest BCUT2D eigenvalue weighted by molar-refractivity contribution is -0.0657. The molecule has 0 unspecified atom stereocenters. The van der Waals surface area contributed by atoms with Gasteiger partial charge >= 0.3 is 0 Å². The first-order valence-corrected chi connectivity index (χ1v) is 7.79. The number of pyridine rings is 2. The summed E-state index contributed by atoms with van der Waals surface area (Å²) in [5.41, 5.74) is 4.06. The fourth-order valence-electron chi connectivity index (χ4n) is 2.96. The fraction of sp³-hybridized carbons (Fsp3) is 0.278. The number of rotatable bonds is 2. The Morgan fingerprint density at radius 2 is 1.96 bits per heavy atom. The van der Waals surface area contributed by atoms with E-state index in [1.54, 1.807) is 18.5 Å². The van der Waals surface area contributed by atoms with Crippen molar-refractivity contribution in [1.82, 2.24) is 19.7 Å². The maximum absolute atomic E-state index is 13.2. The number of ether oxygens (including phenoxy) is 1. The van der Waals surface area contributed by atoms with Crippen molar-refractivity contribution in [3.63, 3.8) is 0 Å². The quantitative estimate of drug-likeness (QED) is 0.724. The molecule has 0 spiro atoms. The number of aromatic nitrogens is 4. The Morgan fingerprint density at radius 1 is 1.17 bits per heavy atom. The molecule has 122 valence electrons. The summed E-state index contributed by atoms with van der Waals surface area (Å²) in [6.07, 6.45) is 4.70. The smallest absolute Gasteiger partial charge is 0.141 e. The first-order chi connectivity index (χ1) is 11.5. The van der Waals surface area contributed by atoms with Crippen LogP contribution in [0.3, 0.4) is 0 Å². The predicted molar refractivity (Wildman–Crippen MR) is 87.5 cm³/mol. The maximum Gasteiger partial charge on any atom is 0.141 e. The summed E-state index contributed by atoms with van der Waals surface area (Å²) in [6, 6.07) is 6.92. The van der Waals surface area contributed by atoms with Gasteiger partial charge in [-0.05, 0) is 43.7 Å². The van der Waals surface area contributed by atoms with Crippen LogP contribution in [0.2, 0.25) is 0 Å². The summed E-state index contributed by atoms with van der Waals surface area (Å²) >= 11 is 0. The van der Waals surface area contributed by atoms with Crippen LogP contribution in [0.15, 0.2) is 42.9 Å². The third-order valence-corrected chi connectivity index (χ3v) is 4.13. The lowest BCUT2D eigenvalue weighted by atomic mass is 10.0. The number of hydrogen-bond acceptors (Lipinski definition) is 4. The van der Waals surface area contributed by atoms with E-state index in [-0.39, 0.29) is 11.4 Å². The zero-order chi connectivity index (χ0) is 16.7. The van der Waals surface area contributed by atoms with Crippen LogP contribution in [0, 0.1) is 5.82 Å². The van der Waals surface area contributed by atoms with Crippen molar-refractivity contribution in [3.05, 3.63) is 54.4 Å². The van der Waals surface area contributed by atoms with Crippen molar-refractivity contribution in [3.8, 4) is 22.5 Å². The first kappa shape index (κ1) is 15.0. The fourth-order valence-corrected chi connectivity index (χ4v) is 2.96. The van der Waals surface area contributed by atoms with Crippen LogP contribution in [0.25, 0.3) is 22.5 Å². The van der Waals surface area contributed by atoms with Crippen LogP contribution in [-0.4, -0.2) is 25.3 Å². The van der Waals surface area contributed by atoms with Crippen molar-refractivity contribution in [2.75, 3.05) is 0 Å². The van der Waals surface area contributed by atoms with Crippen LogP contribution >= 0.6 is 0 Å². The summed E-state index contributed by atoms with van der Waals surface area (Å²) in [4.78, 5) is 8.29. The van der Waals surface area contributed by atoms with Gasteiger partial charge in [-0.1, -0.05) is 0 Å². The molecular formula is C18H17FN4O. The molecule has 0 fully saturated rings. The minimum absolute atomic E-state index is 0.276. The van der Waals surface area contributed by atoms with Gasteiger partial charge in [-0.25, -0.2) is 4.39 Å². The Labute approximate surface area is 139 Å². The van der Waals surface area contributed by atoms with Gasteiger partial charge in [0.15, 0.2) is 0 Å². The Morgan fingerprint density at radius 3 is 2.67 bits per heavy atom. The van der Waals surface area contributed by atoms with Gasteiger partial charge in [0.05, 0.1) is 36.3 Å². The molecule has 6 heteroatoms. The molecule has 24 heavy (non-hydrogen) atoms. The molecule has 0 atom stereocenters. The zero-order valence-electron chi connectivity index (χ0n) is 13.5. The average Bonchev–Trinajstić information content (AvgIpc) is 2.93. The molecule has 0 saturated carbocycles. The third-order valence-electron chi connectivity index (χ3n) is 4.13. The van der Waals surface area contributed by atoms with Crippen molar-refractivity contribution in [2.24, 2.45) is 0 Å². The van der Waals surface area contributed by atoms with Crippen LogP contribution < -0.4 is 0 Å². The van der Waals surface area contributed by atoms with Crippen molar-refractivity contribution in [1.29, 1.82) is 0 Å². The highest BCUT2D eigenvalue weighted by Gasteiger charge is 2.31. The van der Waals surface area contributed by atoms with Gasteiger partial charge in [-0.2, -0.15) is 5.10 Å². The van der Waals surface area contributed by atoms with E-state index in [1.165, 1.54) is 12.3 Å². The summed E-state index contributed by atoms with van der Waals surface area (Å²) in [5, 5.41) is 4.75. The summed E-state index contributed by atoms with van der Waals surface area (Å²) in [7, 11) is 0. The third kappa shape index (κ3) is 2.59. The predicted octanol–water partition coefficient (Wildman–Crippen LogP) is 3.46. The Balaban J connectivity index is 1.93. The van der Waals surface area contributed by atoms with Gasteiger partial charge < -0.3 is 4.74 Å². The molecule has 4 rings (SSSR count). The second kappa shape index (κ2) is 5.49. The van der Waals surface area contributed by atoms with Crippen molar-refractivity contribution >= 4 is 0 Å². The number of hydrogen-bond donors (Lipinski definition) is 0. The molecule has 0 aliphatic carbocycles. The van der Waals surface area contributed by atoms with Crippen LogP contribution in [0.4, 0.5) is 4.39 Å². The molecule has 0 radical (unpaired) electrons. The molecular weight excluding hydrogens is 307 g/mol. The Bertz CT molecular complexity index is 872. The highest BCUT2D eigenvalue weighted by atomic mass is 19.1. The van der Waals surface area contributed by atoms with Gasteiger partial charge in [-0.15, -0.1) is 0 Å². The van der Waals surface area contributed by atoms with Crippen LogP contribution in [0.5, 0.6) is 0 Å². The molecule has 0 saturated heterocycles. The molecule has 4 heterocycles. The average molecular weight is 324 g/mol. The van der Waals surface area contributed by atoms with E-state index >= 15 is 0 Å². The first-order valence-electron chi connectivity index (χ1n) is 7.79. The summed E-state index contributed by atoms with van der Waals surface area (Å²) in [5.74, 6) is -0.363. The summed E-state index contributed by atoms with van der Waals surface area (Å²) in [6.45, 7) is 5.21. The Hall–Kier alpha value is -2.60. The van der Waals surface area contributed by atoms with E-state index < -0.39 is 0 Å². The highest BCUT2D eigenvalue weighted by molar-refractivity contribution is 5.81. The van der Waals surface area contributed by atoms with Gasteiger partial charge in [0.25, 0.3) is 0 Å². The monoisotopic (exact) mass is 324 g/mol. The SMILES string of the molecule is CC1(C)Cn2nc(-c3ccc(F)cn3)c(-c3ccncc3)c2CO1. The van der Waals surface area contributed by atoms with Gasteiger partial charge in [0, 0.05) is 18.0 Å². The minimum Gasteiger partial charge on any atom is -0.367 e. The molecule has 0 N–H and O–H groups in total. The standard InChI is InChI=1S/C18H17FN4O/c1-18(2)11-23-15(10-24-18)16(12-5-7-20-8-6-12)17(22-23)14-4-3-13(19)9-21-14/h3-9H,10-11H2,1-2H3. The molecule has 3 aromatic rings. The molecule has 1 aliphatic heterocycles. The van der Waals surface area contributed by atoms with E-state index in [0.717, 1.165) is 22.5 Å². The molecule has 1 aliphatic rings. The topological polar surface area (TPSA) is 52.8 Å². The van der Waals surface area contributed by atoms with Gasteiger partial charge in [-0.3, -0.25) is 14.6 Å². The molecule has 0 amide bonds. The number of nitrogens with zero attached hydrogens (tertiary/aromatic N) is 4. The molecule has 3 aromatic heterocycles. The van der Waals surface area contributed by atoms with E-state index in [9.17, 15) is 4.39 Å². The lowest BCUT2D eigenvalue weighted by Gasteiger charge is -2.31. The Kier molecular flexibility index (Phi) is 3.42. The van der Waals surface area contributed by atoms with E-state index in [4.69, 9.17) is 9.84 Å². The van der Waals surface area contributed by atoms with E-state index in [2.05, 4.69) is 9.97 Å². The van der Waals surface area contributed by atoms with Crippen LogP contribution in [0.1, 0.15) is 19.5 Å². The lowest BCUT2D eigenvalue weighted by Crippen LogP contribution is -2.36. The zero-order valence-corrected chi connectivity index (χ0v) is 13.5. The second-order valence-electron chi connectivity index (χ2n) is 6.47. The van der Waals surface area contributed by atoms with Crippen molar-refractivity contribution < 1.29 is 9.13 Å². The summed E-state index contributed by atoms with van der Waals surface area (Å²) < 4.78 is 21.2. The van der Waals surface area contributed by atoms with Crippen LogP contribution in [-0.2, 0) is 17.9 Å². The largest absolute Gasteiger partial charge is 0.367 e. The second-order valence-corrected chi connectivity index (χ2v) is 6.47. The number of halogens is 1. The van der Waals surface area contributed by atoms with E-state index in [0.29, 0.717) is 18.8 Å². The molecule has 0 aromatic carbocycles. The normalized spacial score (nSPS) is 16.0. The number of fused-ring (bicyclic) bond motifs is 1. The minimum atomic E-state index is -0.363. The van der Waals surface area contributed by atoms with Crippen molar-refractivity contribution in [2.45, 2.75) is 32.6 Å². The molecule has 0 bridgehead atoms. The van der Waals surface area contributed by atoms with Gasteiger partial charge in [0.1, 0.15) is 11.5 Å².